The van der Waals surface area contributed by atoms with E-state index in [0.717, 1.165) is 17.7 Å². The Kier molecular flexibility index (Phi) is 2.41. The highest BCUT2D eigenvalue weighted by Gasteiger charge is 2.12. The highest BCUT2D eigenvalue weighted by Crippen LogP contribution is 2.21. The summed E-state index contributed by atoms with van der Waals surface area (Å²) in [5.41, 5.74) is 3.11. The van der Waals surface area contributed by atoms with Gasteiger partial charge in [0.25, 0.3) is 0 Å². The number of hydrogen-bond donors (Lipinski definition) is 0. The van der Waals surface area contributed by atoms with E-state index in [1.165, 1.54) is 5.56 Å². The summed E-state index contributed by atoms with van der Waals surface area (Å²) in [6, 6.07) is 9.85. The smallest absolute Gasteiger partial charge is 0.172 e. The average Bonchev–Trinajstić information content (AvgIpc) is 2.79. The first-order valence-corrected chi connectivity index (χ1v) is 5.65. The maximum Gasteiger partial charge on any atom is 0.172 e. The predicted octanol–water partition coefficient (Wildman–Crippen LogP) is 2.52. The normalized spacial score (nSPS) is 10.7. The van der Waals surface area contributed by atoms with E-state index in [2.05, 4.69) is 9.97 Å². The van der Waals surface area contributed by atoms with Gasteiger partial charge in [-0.1, -0.05) is 29.8 Å². The van der Waals surface area contributed by atoms with Crippen LogP contribution in [0.5, 0.6) is 0 Å². The van der Waals surface area contributed by atoms with Crippen molar-refractivity contribution in [3.63, 3.8) is 0 Å². The van der Waals surface area contributed by atoms with Crippen molar-refractivity contribution in [2.45, 2.75) is 6.92 Å². The van der Waals surface area contributed by atoms with Gasteiger partial charge in [0.2, 0.25) is 0 Å². The maximum atomic E-state index is 11.0. The Balaban J connectivity index is 2.29. The van der Waals surface area contributed by atoms with Crippen molar-refractivity contribution in [2.75, 3.05) is 0 Å². The molecule has 2 heterocycles. The fourth-order valence-electron chi connectivity index (χ4n) is 1.93. The molecule has 2 aromatic heterocycles. The third-order valence-electron chi connectivity index (χ3n) is 2.85. The molecule has 18 heavy (non-hydrogen) atoms. The summed E-state index contributed by atoms with van der Waals surface area (Å²) in [7, 11) is 0. The molecule has 0 N–H and O–H groups in total. The molecule has 4 heteroatoms. The van der Waals surface area contributed by atoms with Crippen molar-refractivity contribution < 1.29 is 4.79 Å². The topological polar surface area (TPSA) is 47.3 Å². The van der Waals surface area contributed by atoms with Crippen LogP contribution in [0.1, 0.15) is 16.1 Å². The van der Waals surface area contributed by atoms with Gasteiger partial charge >= 0.3 is 0 Å². The van der Waals surface area contributed by atoms with Gasteiger partial charge in [-0.25, -0.2) is 9.97 Å². The van der Waals surface area contributed by atoms with Crippen LogP contribution in [0.15, 0.2) is 42.7 Å². The largest absolute Gasteiger partial charge is 0.296 e. The van der Waals surface area contributed by atoms with E-state index in [-0.39, 0.29) is 0 Å². The number of carbonyl (C=O) groups is 1. The summed E-state index contributed by atoms with van der Waals surface area (Å²) < 4.78 is 1.83. The van der Waals surface area contributed by atoms with E-state index >= 15 is 0 Å². The first kappa shape index (κ1) is 10.7. The van der Waals surface area contributed by atoms with E-state index < -0.39 is 0 Å². The highest BCUT2D eigenvalue weighted by molar-refractivity contribution is 5.84. The Morgan fingerprint density at radius 3 is 2.72 bits per heavy atom. The molecule has 0 aliphatic rings. The first-order valence-electron chi connectivity index (χ1n) is 5.65. The molecule has 0 unspecified atom stereocenters. The number of aldehydes is 1. The van der Waals surface area contributed by atoms with Crippen LogP contribution in [0.2, 0.25) is 0 Å². The number of rotatable bonds is 2. The molecule has 0 saturated carbocycles. The zero-order chi connectivity index (χ0) is 12.5. The van der Waals surface area contributed by atoms with Gasteiger partial charge in [-0.05, 0) is 13.0 Å². The van der Waals surface area contributed by atoms with Gasteiger partial charge in [-0.2, -0.15) is 0 Å². The second kappa shape index (κ2) is 4.07. The molecule has 4 nitrogen and oxygen atoms in total. The van der Waals surface area contributed by atoms with Gasteiger partial charge in [-0.15, -0.1) is 0 Å². The number of hydrogen-bond acceptors (Lipinski definition) is 3. The number of imidazole rings is 1. The van der Waals surface area contributed by atoms with Crippen LogP contribution in [0.4, 0.5) is 0 Å². The number of nitrogens with zero attached hydrogens (tertiary/aromatic N) is 3. The molecule has 0 atom stereocenters. The standard InChI is InChI=1S/C14H11N3O/c1-10-3-5-11(6-4-10)13-16-12(9-18)14-15-7-2-8-17(13)14/h2-9H,1H3. The molecule has 0 aliphatic heterocycles. The van der Waals surface area contributed by atoms with Crippen molar-refractivity contribution in [1.29, 1.82) is 0 Å². The summed E-state index contributed by atoms with van der Waals surface area (Å²) in [6.07, 6.45) is 4.25. The zero-order valence-corrected chi connectivity index (χ0v) is 9.87. The molecule has 3 aromatic rings. The molecule has 0 radical (unpaired) electrons. The second-order valence-corrected chi connectivity index (χ2v) is 4.12. The monoisotopic (exact) mass is 237 g/mol. The summed E-state index contributed by atoms with van der Waals surface area (Å²) in [5, 5.41) is 0. The Morgan fingerprint density at radius 2 is 2.00 bits per heavy atom. The predicted molar refractivity (Wildman–Crippen MR) is 68.5 cm³/mol. The van der Waals surface area contributed by atoms with E-state index in [1.807, 2.05) is 47.9 Å². The molecule has 0 bridgehead atoms. The SMILES string of the molecule is Cc1ccc(-c2nc(C=O)c3ncccn23)cc1. The van der Waals surface area contributed by atoms with Crippen LogP contribution < -0.4 is 0 Å². The van der Waals surface area contributed by atoms with Gasteiger partial charge in [-0.3, -0.25) is 9.20 Å². The number of aryl methyl sites for hydroxylation is 1. The first-order chi connectivity index (χ1) is 8.79. The van der Waals surface area contributed by atoms with Gasteiger partial charge in [0.1, 0.15) is 11.5 Å². The van der Waals surface area contributed by atoms with Crippen molar-refractivity contribution in [3.8, 4) is 11.4 Å². The summed E-state index contributed by atoms with van der Waals surface area (Å²) in [6.45, 7) is 2.03. The molecule has 3 rings (SSSR count). The number of benzene rings is 1. The Morgan fingerprint density at radius 1 is 1.22 bits per heavy atom. The molecule has 0 saturated heterocycles. The van der Waals surface area contributed by atoms with Crippen molar-refractivity contribution in [2.24, 2.45) is 0 Å². The lowest BCUT2D eigenvalue weighted by atomic mass is 10.1. The third-order valence-corrected chi connectivity index (χ3v) is 2.85. The molecule has 0 spiro atoms. The van der Waals surface area contributed by atoms with Crippen LogP contribution in [-0.2, 0) is 0 Å². The van der Waals surface area contributed by atoms with Crippen molar-refractivity contribution >= 4 is 11.9 Å². The second-order valence-electron chi connectivity index (χ2n) is 4.12. The van der Waals surface area contributed by atoms with Gasteiger partial charge in [0.15, 0.2) is 11.9 Å². The number of carbonyl (C=O) groups excluding carboxylic acids is 1. The number of fused-ring (bicyclic) bond motifs is 1. The summed E-state index contributed by atoms with van der Waals surface area (Å²) >= 11 is 0. The lowest BCUT2D eigenvalue weighted by molar-refractivity contribution is 0.112. The lowest BCUT2D eigenvalue weighted by Crippen LogP contribution is -1.90. The summed E-state index contributed by atoms with van der Waals surface area (Å²) in [4.78, 5) is 19.5. The van der Waals surface area contributed by atoms with Crippen molar-refractivity contribution in [3.05, 3.63) is 54.0 Å². The van der Waals surface area contributed by atoms with E-state index in [0.29, 0.717) is 11.3 Å². The molecular weight excluding hydrogens is 226 g/mol. The van der Waals surface area contributed by atoms with E-state index in [9.17, 15) is 4.79 Å². The minimum atomic E-state index is 0.367. The Labute approximate surface area is 104 Å². The summed E-state index contributed by atoms with van der Waals surface area (Å²) in [5.74, 6) is 0.736. The lowest BCUT2D eigenvalue weighted by Gasteiger charge is -2.00. The molecule has 0 fully saturated rings. The fourth-order valence-corrected chi connectivity index (χ4v) is 1.93. The fraction of sp³-hybridized carbons (Fsp3) is 0.0714. The maximum absolute atomic E-state index is 11.0. The third kappa shape index (κ3) is 1.59. The van der Waals surface area contributed by atoms with Crippen LogP contribution in [0.25, 0.3) is 17.0 Å². The van der Waals surface area contributed by atoms with E-state index in [4.69, 9.17) is 0 Å². The van der Waals surface area contributed by atoms with Crippen LogP contribution in [0, 0.1) is 6.92 Å². The zero-order valence-electron chi connectivity index (χ0n) is 9.87. The molecule has 1 aromatic carbocycles. The molecule has 88 valence electrons. The Bertz CT molecular complexity index is 713. The minimum absolute atomic E-state index is 0.367. The van der Waals surface area contributed by atoms with Gasteiger partial charge in [0, 0.05) is 18.0 Å². The van der Waals surface area contributed by atoms with Crippen LogP contribution in [0.3, 0.4) is 0 Å². The van der Waals surface area contributed by atoms with Crippen LogP contribution >= 0.6 is 0 Å². The molecule has 0 aliphatic carbocycles. The van der Waals surface area contributed by atoms with Crippen molar-refractivity contribution in [1.82, 2.24) is 14.4 Å². The number of aromatic nitrogens is 3. The Hall–Kier alpha value is -2.49. The molecule has 0 amide bonds. The average molecular weight is 237 g/mol. The minimum Gasteiger partial charge on any atom is -0.296 e. The quantitative estimate of drug-likeness (QED) is 0.643. The molecular formula is C14H11N3O. The van der Waals surface area contributed by atoms with Crippen LogP contribution in [-0.4, -0.2) is 20.7 Å². The van der Waals surface area contributed by atoms with Gasteiger partial charge in [0.05, 0.1) is 0 Å². The van der Waals surface area contributed by atoms with E-state index in [1.54, 1.807) is 6.20 Å². The van der Waals surface area contributed by atoms with Gasteiger partial charge < -0.3 is 0 Å². The highest BCUT2D eigenvalue weighted by atomic mass is 16.1.